The van der Waals surface area contributed by atoms with E-state index in [0.29, 0.717) is 80.7 Å². The maximum Gasteiger partial charge on any atom is 0.293 e. The molecule has 3 aromatic carbocycles. The lowest BCUT2D eigenvalue weighted by atomic mass is 9.59. The molecule has 0 bridgehead atoms. The van der Waals surface area contributed by atoms with Crippen molar-refractivity contribution in [1.29, 1.82) is 0 Å². The van der Waals surface area contributed by atoms with Gasteiger partial charge in [-0.3, -0.25) is 19.8 Å². The van der Waals surface area contributed by atoms with Gasteiger partial charge in [0.2, 0.25) is 5.88 Å². The summed E-state index contributed by atoms with van der Waals surface area (Å²) in [5.74, 6) is 0.664. The molecule has 392 valence electrons. The van der Waals surface area contributed by atoms with E-state index in [1.54, 1.807) is 6.07 Å². The zero-order valence-corrected chi connectivity index (χ0v) is 42.7. The van der Waals surface area contributed by atoms with Crippen LogP contribution in [-0.4, -0.2) is 122 Å². The molecule has 18 nitrogen and oxygen atoms in total. The first kappa shape index (κ1) is 48.9. The number of aliphatic hydroxyl groups is 1. The van der Waals surface area contributed by atoms with Crippen LogP contribution in [-0.2, 0) is 19.5 Å². The number of para-hydroxylation sites is 1. The summed E-state index contributed by atoms with van der Waals surface area (Å²) in [6, 6.07) is 21.9. The molecule has 3 atom stereocenters. The number of H-pyrrole nitrogens is 1. The number of aromatic amines is 1. The van der Waals surface area contributed by atoms with Crippen molar-refractivity contribution >= 4 is 55.4 Å². The van der Waals surface area contributed by atoms with Gasteiger partial charge >= 0.3 is 0 Å². The summed E-state index contributed by atoms with van der Waals surface area (Å²) < 4.78 is 55.7. The number of piperidine rings is 1. The molecule has 4 N–H and O–H groups in total. The van der Waals surface area contributed by atoms with E-state index in [9.17, 15) is 28.4 Å². The molecule has 19 heteroatoms. The van der Waals surface area contributed by atoms with Gasteiger partial charge in [0.05, 0.1) is 64.7 Å². The van der Waals surface area contributed by atoms with Crippen LogP contribution in [0.3, 0.4) is 0 Å². The van der Waals surface area contributed by atoms with E-state index in [0.717, 1.165) is 100 Å². The zero-order chi connectivity index (χ0) is 50.8. The van der Waals surface area contributed by atoms with E-state index in [2.05, 4.69) is 54.0 Å². The van der Waals surface area contributed by atoms with Crippen LogP contribution >= 0.6 is 0 Å². The maximum atomic E-state index is 14.7. The van der Waals surface area contributed by atoms with E-state index in [1.165, 1.54) is 24.1 Å². The number of nitro benzene ring substituents is 1. The Labute approximate surface area is 431 Å². The number of nitrogens with one attached hydrogen (secondary N) is 3. The molecule has 1 amide bonds. The van der Waals surface area contributed by atoms with Gasteiger partial charge in [-0.15, -0.1) is 0 Å². The van der Waals surface area contributed by atoms with Gasteiger partial charge in [-0.2, -0.15) is 4.98 Å². The summed E-state index contributed by atoms with van der Waals surface area (Å²) in [7, 11) is -4.63. The van der Waals surface area contributed by atoms with E-state index >= 15 is 0 Å². The summed E-state index contributed by atoms with van der Waals surface area (Å²) in [5.41, 5.74) is 3.27. The van der Waals surface area contributed by atoms with Gasteiger partial charge < -0.3 is 44.2 Å². The number of nitro groups is 1. The van der Waals surface area contributed by atoms with Crippen molar-refractivity contribution in [2.75, 3.05) is 67.7 Å². The fourth-order valence-corrected chi connectivity index (χ4v) is 13.7. The van der Waals surface area contributed by atoms with Gasteiger partial charge in [0.1, 0.15) is 28.9 Å². The van der Waals surface area contributed by atoms with Crippen molar-refractivity contribution in [2.24, 2.45) is 11.3 Å². The van der Waals surface area contributed by atoms with E-state index in [1.807, 2.05) is 37.4 Å². The van der Waals surface area contributed by atoms with E-state index in [-0.39, 0.29) is 34.7 Å². The number of hydrogen-bond acceptors (Lipinski definition) is 15. The Morgan fingerprint density at radius 2 is 1.73 bits per heavy atom. The van der Waals surface area contributed by atoms with Gasteiger partial charge in [-0.1, -0.05) is 18.2 Å². The summed E-state index contributed by atoms with van der Waals surface area (Å²) in [4.78, 5) is 41.2. The molecular formula is C55H66N8O10S. The first-order valence-corrected chi connectivity index (χ1v) is 28.1. The topological polar surface area (TPSA) is 214 Å². The number of carbonyl (C=O) groups is 1. The van der Waals surface area contributed by atoms with Gasteiger partial charge in [-0.25, -0.2) is 13.1 Å². The molecule has 5 aromatic rings. The fraction of sp³-hybridized carbons (Fsp3) is 0.527. The van der Waals surface area contributed by atoms with Crippen molar-refractivity contribution in [2.45, 2.75) is 125 Å². The van der Waals surface area contributed by atoms with E-state index < -0.39 is 43.1 Å². The molecule has 6 fully saturated rings. The Hall–Kier alpha value is -5.99. The van der Waals surface area contributed by atoms with Crippen molar-refractivity contribution in [3.8, 4) is 11.6 Å². The molecule has 2 aromatic heterocycles. The molecule has 0 radical (unpaired) electrons. The van der Waals surface area contributed by atoms with Gasteiger partial charge in [0, 0.05) is 67.7 Å². The number of ether oxygens (including phenoxy) is 4. The Morgan fingerprint density at radius 3 is 2.51 bits per heavy atom. The molecule has 0 unspecified atom stereocenters. The van der Waals surface area contributed by atoms with Gasteiger partial charge in [-0.05, 0) is 144 Å². The average Bonchev–Trinajstić information content (AvgIpc) is 3.84. The predicted molar refractivity (Wildman–Crippen MR) is 279 cm³/mol. The molecule has 3 saturated heterocycles. The van der Waals surface area contributed by atoms with E-state index in [4.69, 9.17) is 23.9 Å². The third-order valence-electron chi connectivity index (χ3n) is 17.3. The van der Waals surface area contributed by atoms with Crippen LogP contribution in [0.25, 0.3) is 11.0 Å². The SMILES string of the molecule is CC1(O)CCC(CNc2ccc(S(=O)(=O)NC(=O)c3ccc(N4CCC5(CC4)CC(N4CCOC[C@H]4c4ccccc4OC4CCC4)C5)cc3N3c4cc5cc[nH]c5nc4O[C@H]4COCC[C@@H]43)cc2[N+](=O)[O-])CC1. The Balaban J connectivity index is 0.805. The second kappa shape index (κ2) is 19.6. The number of pyridine rings is 1. The fourth-order valence-electron chi connectivity index (χ4n) is 12.7. The third-order valence-corrected chi connectivity index (χ3v) is 18.7. The second-order valence-corrected chi connectivity index (χ2v) is 23.8. The minimum absolute atomic E-state index is 0.110. The van der Waals surface area contributed by atoms with Crippen molar-refractivity contribution in [3.05, 3.63) is 100 Å². The molecule has 6 heterocycles. The number of morpholine rings is 1. The lowest BCUT2D eigenvalue weighted by Crippen LogP contribution is -2.58. The standard InChI is InChI=1S/C55H66N8O10S/c1-54(65)17-13-35(14-18-54)32-57-43-12-10-40(29-46(43)63(66)67)74(68,69)59-52(64)42-11-9-37(28-45(42)62-44-16-25-70-34-50(44)73-53-47(62)27-36-15-21-56-51(36)58-53)60-22-19-55(20-23-60)30-38(31-55)61-24-26-71-33-48(61)41-7-2-3-8-49(41)72-39-5-4-6-39/h2-3,7-12,15,21,27-29,35,38-39,44,48,50,57,65H,4-6,13-14,16-20,22-26,30-34H2,1H3,(H,56,58)(H,59,64)/t35?,44-,48-,50-,54?/m0/s1. The van der Waals surface area contributed by atoms with Crippen LogP contribution in [0.4, 0.5) is 28.4 Å². The van der Waals surface area contributed by atoms with Crippen LogP contribution in [0.2, 0.25) is 0 Å². The highest BCUT2D eigenvalue weighted by Crippen LogP contribution is 2.54. The van der Waals surface area contributed by atoms with Gasteiger partial charge in [0.15, 0.2) is 0 Å². The predicted octanol–water partition coefficient (Wildman–Crippen LogP) is 8.38. The number of amides is 1. The molecule has 3 aliphatic carbocycles. The highest BCUT2D eigenvalue weighted by Gasteiger charge is 2.50. The third kappa shape index (κ3) is 9.54. The smallest absolute Gasteiger partial charge is 0.293 e. The average molecular weight is 1030 g/mol. The number of rotatable bonds is 13. The number of nitrogens with zero attached hydrogens (tertiary/aromatic N) is 5. The number of benzene rings is 3. The molecule has 7 aliphatic rings. The summed E-state index contributed by atoms with van der Waals surface area (Å²) >= 11 is 0. The summed E-state index contributed by atoms with van der Waals surface area (Å²) in [5, 5.41) is 26.8. The summed E-state index contributed by atoms with van der Waals surface area (Å²) in [6.45, 7) is 6.90. The van der Waals surface area contributed by atoms with Crippen LogP contribution < -0.4 is 29.3 Å². The largest absolute Gasteiger partial charge is 0.490 e. The quantitative estimate of drug-likeness (QED) is 0.0644. The minimum atomic E-state index is -4.63. The molecule has 4 aliphatic heterocycles. The normalized spacial score (nSPS) is 26.3. The monoisotopic (exact) mass is 1030 g/mol. The number of carbonyl (C=O) groups excluding carboxylic acids is 1. The number of hydrogen-bond donors (Lipinski definition) is 4. The van der Waals surface area contributed by atoms with Crippen molar-refractivity contribution in [1.82, 2.24) is 19.6 Å². The highest BCUT2D eigenvalue weighted by molar-refractivity contribution is 7.90. The van der Waals surface area contributed by atoms with Crippen LogP contribution in [0.1, 0.15) is 106 Å². The zero-order valence-electron chi connectivity index (χ0n) is 41.9. The molecule has 74 heavy (non-hydrogen) atoms. The number of anilines is 4. The summed E-state index contributed by atoms with van der Waals surface area (Å²) in [6.07, 6.45) is 12.7. The molecular weight excluding hydrogens is 965 g/mol. The second-order valence-electron chi connectivity index (χ2n) is 22.2. The molecule has 12 rings (SSSR count). The van der Waals surface area contributed by atoms with Crippen LogP contribution in [0.5, 0.6) is 11.6 Å². The van der Waals surface area contributed by atoms with Crippen LogP contribution in [0, 0.1) is 21.4 Å². The first-order chi connectivity index (χ1) is 35.8. The number of fused-ring (bicyclic) bond motifs is 3. The Morgan fingerprint density at radius 1 is 0.932 bits per heavy atom. The Bertz CT molecular complexity index is 3030. The van der Waals surface area contributed by atoms with Crippen LogP contribution in [0.15, 0.2) is 83.9 Å². The number of sulfonamides is 1. The maximum absolute atomic E-state index is 14.7. The van der Waals surface area contributed by atoms with Crippen molar-refractivity contribution in [3.63, 3.8) is 0 Å². The number of aromatic nitrogens is 2. The lowest BCUT2D eigenvalue weighted by Gasteiger charge is -2.57. The van der Waals surface area contributed by atoms with Gasteiger partial charge in [0.25, 0.3) is 21.6 Å². The lowest BCUT2D eigenvalue weighted by molar-refractivity contribution is -0.384. The molecule has 3 saturated carbocycles. The highest BCUT2D eigenvalue weighted by atomic mass is 32.2. The first-order valence-electron chi connectivity index (χ1n) is 26.6. The molecule has 1 spiro atoms. The minimum Gasteiger partial charge on any atom is -0.490 e. The Kier molecular flexibility index (Phi) is 13.0. The van der Waals surface area contributed by atoms with Crippen molar-refractivity contribution < 1.29 is 42.2 Å².